The van der Waals surface area contributed by atoms with Gasteiger partial charge >= 0.3 is 0 Å². The molecule has 0 atom stereocenters. The zero-order valence-electron chi connectivity index (χ0n) is 12.4. The summed E-state index contributed by atoms with van der Waals surface area (Å²) < 4.78 is 11.2. The van der Waals surface area contributed by atoms with E-state index in [1.165, 1.54) is 0 Å². The van der Waals surface area contributed by atoms with Crippen LogP contribution in [0.15, 0.2) is 30.6 Å². The fourth-order valence-electron chi connectivity index (χ4n) is 2.07. The lowest BCUT2D eigenvalue weighted by atomic mass is 10.2. The van der Waals surface area contributed by atoms with Crippen molar-refractivity contribution in [1.82, 2.24) is 10.3 Å². The first-order valence-electron chi connectivity index (χ1n) is 6.68. The molecule has 112 valence electrons. The van der Waals surface area contributed by atoms with Crippen molar-refractivity contribution < 1.29 is 9.47 Å². The smallest absolute Gasteiger partial charge is 0.180 e. The van der Waals surface area contributed by atoms with Crippen molar-refractivity contribution in [2.24, 2.45) is 0 Å². The predicted molar refractivity (Wildman–Crippen MR) is 84.1 cm³/mol. The second-order valence-corrected chi connectivity index (χ2v) is 5.21. The third-order valence-corrected chi connectivity index (χ3v) is 3.27. The van der Waals surface area contributed by atoms with E-state index >= 15 is 0 Å². The molecule has 0 amide bonds. The summed E-state index contributed by atoms with van der Waals surface area (Å²) in [4.78, 5) is 4.15. The standard InChI is InChI=1S/C16H19ClN2O2/c1-11-4-13(9-19-7-11)10-21-16-14(17)5-12(8-18-2)6-15(16)20-3/h4-7,9,18H,8,10H2,1-3H3. The molecule has 0 radical (unpaired) electrons. The van der Waals surface area contributed by atoms with Crippen molar-refractivity contribution in [2.75, 3.05) is 14.2 Å². The van der Waals surface area contributed by atoms with E-state index in [1.54, 1.807) is 13.3 Å². The quantitative estimate of drug-likeness (QED) is 0.889. The number of halogens is 1. The number of methoxy groups -OCH3 is 1. The number of benzene rings is 1. The lowest BCUT2D eigenvalue weighted by Gasteiger charge is -2.14. The van der Waals surface area contributed by atoms with Gasteiger partial charge in [0, 0.05) is 24.5 Å². The summed E-state index contributed by atoms with van der Waals surface area (Å²) in [5.41, 5.74) is 3.13. The molecule has 1 aromatic heterocycles. The fourth-order valence-corrected chi connectivity index (χ4v) is 2.36. The molecule has 0 aliphatic rings. The summed E-state index contributed by atoms with van der Waals surface area (Å²) in [6, 6.07) is 5.83. The molecule has 0 fully saturated rings. The second-order valence-electron chi connectivity index (χ2n) is 4.80. The van der Waals surface area contributed by atoms with Crippen LogP contribution in [0.1, 0.15) is 16.7 Å². The zero-order valence-corrected chi connectivity index (χ0v) is 13.2. The summed E-state index contributed by atoms with van der Waals surface area (Å²) in [5, 5.41) is 3.62. The van der Waals surface area contributed by atoms with Crippen LogP contribution in [-0.4, -0.2) is 19.1 Å². The van der Waals surface area contributed by atoms with Crippen molar-refractivity contribution >= 4 is 11.6 Å². The Morgan fingerprint density at radius 1 is 1.19 bits per heavy atom. The highest BCUT2D eigenvalue weighted by Gasteiger charge is 2.12. The van der Waals surface area contributed by atoms with Crippen LogP contribution in [0.5, 0.6) is 11.5 Å². The van der Waals surface area contributed by atoms with Crippen molar-refractivity contribution in [2.45, 2.75) is 20.1 Å². The molecule has 0 bridgehead atoms. The van der Waals surface area contributed by atoms with Crippen LogP contribution in [0.25, 0.3) is 0 Å². The molecule has 1 N–H and O–H groups in total. The molecule has 1 aromatic carbocycles. The molecule has 0 aliphatic carbocycles. The lowest BCUT2D eigenvalue weighted by molar-refractivity contribution is 0.284. The molecule has 0 unspecified atom stereocenters. The monoisotopic (exact) mass is 306 g/mol. The maximum absolute atomic E-state index is 6.30. The number of aryl methyl sites for hydroxylation is 1. The SMILES string of the molecule is CNCc1cc(Cl)c(OCc2cncc(C)c2)c(OC)c1. The van der Waals surface area contributed by atoms with Gasteiger partial charge in [0.1, 0.15) is 6.61 Å². The zero-order chi connectivity index (χ0) is 15.2. The molecule has 2 aromatic rings. The van der Waals surface area contributed by atoms with Crippen LogP contribution in [0.4, 0.5) is 0 Å². The van der Waals surface area contributed by atoms with Gasteiger partial charge in [-0.3, -0.25) is 4.98 Å². The molecule has 4 nitrogen and oxygen atoms in total. The van der Waals surface area contributed by atoms with Gasteiger partial charge in [0.05, 0.1) is 12.1 Å². The van der Waals surface area contributed by atoms with Gasteiger partial charge in [-0.2, -0.15) is 0 Å². The van der Waals surface area contributed by atoms with Gasteiger partial charge in [-0.15, -0.1) is 0 Å². The summed E-state index contributed by atoms with van der Waals surface area (Å²) in [6.45, 7) is 3.12. The third-order valence-electron chi connectivity index (χ3n) is 2.98. The highest BCUT2D eigenvalue weighted by molar-refractivity contribution is 6.32. The first kappa shape index (κ1) is 15.6. The van der Waals surface area contributed by atoms with Crippen LogP contribution in [-0.2, 0) is 13.2 Å². The Bertz CT molecular complexity index is 617. The number of pyridine rings is 1. The number of nitrogens with one attached hydrogen (secondary N) is 1. The fraction of sp³-hybridized carbons (Fsp3) is 0.312. The minimum atomic E-state index is 0.399. The van der Waals surface area contributed by atoms with E-state index < -0.39 is 0 Å². The van der Waals surface area contributed by atoms with Gasteiger partial charge in [-0.1, -0.05) is 11.6 Å². The van der Waals surface area contributed by atoms with E-state index in [9.17, 15) is 0 Å². The van der Waals surface area contributed by atoms with Crippen LogP contribution in [0.2, 0.25) is 5.02 Å². The van der Waals surface area contributed by atoms with Crippen LogP contribution < -0.4 is 14.8 Å². The number of hydrogen-bond acceptors (Lipinski definition) is 4. The highest BCUT2D eigenvalue weighted by atomic mass is 35.5. The average molecular weight is 307 g/mol. The van der Waals surface area contributed by atoms with E-state index in [4.69, 9.17) is 21.1 Å². The normalized spacial score (nSPS) is 10.5. The van der Waals surface area contributed by atoms with Crippen molar-refractivity contribution in [3.63, 3.8) is 0 Å². The summed E-state index contributed by atoms with van der Waals surface area (Å²) in [7, 11) is 3.49. The number of hydrogen-bond donors (Lipinski definition) is 1. The maximum Gasteiger partial charge on any atom is 0.180 e. The van der Waals surface area contributed by atoms with Crippen LogP contribution in [0.3, 0.4) is 0 Å². The number of nitrogens with zero attached hydrogens (tertiary/aromatic N) is 1. The molecule has 0 saturated carbocycles. The summed E-state index contributed by atoms with van der Waals surface area (Å²) >= 11 is 6.30. The van der Waals surface area contributed by atoms with Gasteiger partial charge in [-0.05, 0) is 43.3 Å². The lowest BCUT2D eigenvalue weighted by Crippen LogP contribution is -2.06. The Labute approximate surface area is 130 Å². The third kappa shape index (κ3) is 4.09. The van der Waals surface area contributed by atoms with Crippen molar-refractivity contribution in [1.29, 1.82) is 0 Å². The van der Waals surface area contributed by atoms with Crippen molar-refractivity contribution in [3.05, 3.63) is 52.3 Å². The Kier molecular flexibility index (Phi) is 5.42. The van der Waals surface area contributed by atoms with Gasteiger partial charge < -0.3 is 14.8 Å². The minimum absolute atomic E-state index is 0.399. The van der Waals surface area contributed by atoms with Gasteiger partial charge in [-0.25, -0.2) is 0 Å². The Morgan fingerprint density at radius 2 is 2.00 bits per heavy atom. The Hall–Kier alpha value is -1.78. The molecule has 2 rings (SSSR count). The van der Waals surface area contributed by atoms with E-state index in [0.717, 1.165) is 23.2 Å². The Morgan fingerprint density at radius 3 is 2.67 bits per heavy atom. The number of aromatic nitrogens is 1. The van der Waals surface area contributed by atoms with Gasteiger partial charge in [0.2, 0.25) is 0 Å². The van der Waals surface area contributed by atoms with E-state index in [0.29, 0.717) is 23.1 Å². The topological polar surface area (TPSA) is 43.4 Å². The maximum atomic E-state index is 6.30. The Balaban J connectivity index is 2.19. The van der Waals surface area contributed by atoms with Crippen molar-refractivity contribution in [3.8, 4) is 11.5 Å². The van der Waals surface area contributed by atoms with Gasteiger partial charge in [0.15, 0.2) is 11.5 Å². The van der Waals surface area contributed by atoms with E-state index in [-0.39, 0.29) is 0 Å². The molecule has 0 aliphatic heterocycles. The molecular formula is C16H19ClN2O2. The number of ether oxygens (including phenoxy) is 2. The molecular weight excluding hydrogens is 288 g/mol. The molecule has 21 heavy (non-hydrogen) atoms. The summed E-state index contributed by atoms with van der Waals surface area (Å²) in [5.74, 6) is 1.19. The van der Waals surface area contributed by atoms with Crippen LogP contribution in [0, 0.1) is 6.92 Å². The predicted octanol–water partition coefficient (Wildman–Crippen LogP) is 3.35. The molecule has 5 heteroatoms. The van der Waals surface area contributed by atoms with E-state index in [1.807, 2.05) is 38.4 Å². The van der Waals surface area contributed by atoms with Gasteiger partial charge in [0.25, 0.3) is 0 Å². The first-order valence-corrected chi connectivity index (χ1v) is 7.06. The van der Waals surface area contributed by atoms with Crippen LogP contribution >= 0.6 is 11.6 Å². The molecule has 0 saturated heterocycles. The van der Waals surface area contributed by atoms with E-state index in [2.05, 4.69) is 10.3 Å². The molecule has 1 heterocycles. The minimum Gasteiger partial charge on any atom is -0.493 e. The molecule has 0 spiro atoms. The summed E-state index contributed by atoms with van der Waals surface area (Å²) in [6.07, 6.45) is 3.59. The average Bonchev–Trinajstić information content (AvgIpc) is 2.46. The largest absolute Gasteiger partial charge is 0.493 e. The second kappa shape index (κ2) is 7.29. The number of rotatable bonds is 6. The first-order chi connectivity index (χ1) is 10.1. The highest BCUT2D eigenvalue weighted by Crippen LogP contribution is 2.36.